The van der Waals surface area contributed by atoms with Crippen LogP contribution in [-0.2, 0) is 9.59 Å². The molecular formula is C5H8F2N2O3. The van der Waals surface area contributed by atoms with Gasteiger partial charge >= 0.3 is 11.9 Å². The van der Waals surface area contributed by atoms with Gasteiger partial charge in [-0.3, -0.25) is 4.79 Å². The Morgan fingerprint density at radius 1 is 1.50 bits per heavy atom. The first-order valence-corrected chi connectivity index (χ1v) is 2.96. The SMILES string of the molecule is NC(=O)CNCC(F)(F)C(=O)O. The van der Waals surface area contributed by atoms with Crippen LogP contribution in [0.3, 0.4) is 0 Å². The number of halogens is 2. The van der Waals surface area contributed by atoms with Gasteiger partial charge in [-0.15, -0.1) is 0 Å². The highest BCUT2D eigenvalue weighted by Crippen LogP contribution is 2.10. The molecule has 0 bridgehead atoms. The van der Waals surface area contributed by atoms with Crippen molar-refractivity contribution in [3.63, 3.8) is 0 Å². The fourth-order valence-electron chi connectivity index (χ4n) is 0.418. The smallest absolute Gasteiger partial charge is 0.375 e. The molecule has 7 heteroatoms. The van der Waals surface area contributed by atoms with Gasteiger partial charge in [0.05, 0.1) is 13.1 Å². The monoisotopic (exact) mass is 182 g/mol. The van der Waals surface area contributed by atoms with E-state index in [1.165, 1.54) is 0 Å². The fraction of sp³-hybridized carbons (Fsp3) is 0.600. The van der Waals surface area contributed by atoms with Gasteiger partial charge in [-0.05, 0) is 0 Å². The van der Waals surface area contributed by atoms with Crippen LogP contribution in [0.2, 0.25) is 0 Å². The molecule has 0 saturated heterocycles. The Balaban J connectivity index is 3.76. The Morgan fingerprint density at radius 2 is 2.00 bits per heavy atom. The van der Waals surface area contributed by atoms with Gasteiger partial charge in [0, 0.05) is 0 Å². The van der Waals surface area contributed by atoms with Crippen LogP contribution in [0.4, 0.5) is 8.78 Å². The van der Waals surface area contributed by atoms with Gasteiger partial charge in [-0.2, -0.15) is 8.78 Å². The number of nitrogens with one attached hydrogen (secondary N) is 1. The summed E-state index contributed by atoms with van der Waals surface area (Å²) in [6.07, 6.45) is 0. The van der Waals surface area contributed by atoms with E-state index in [0.717, 1.165) is 0 Å². The average molecular weight is 182 g/mol. The van der Waals surface area contributed by atoms with Gasteiger partial charge in [0.25, 0.3) is 0 Å². The lowest BCUT2D eigenvalue weighted by atomic mass is 10.3. The zero-order chi connectivity index (χ0) is 9.78. The molecule has 12 heavy (non-hydrogen) atoms. The highest BCUT2D eigenvalue weighted by Gasteiger charge is 2.38. The zero-order valence-electron chi connectivity index (χ0n) is 6.01. The highest BCUT2D eigenvalue weighted by molar-refractivity contribution is 5.77. The maximum Gasteiger partial charge on any atom is 0.375 e. The summed E-state index contributed by atoms with van der Waals surface area (Å²) in [5.74, 6) is -6.93. The quantitative estimate of drug-likeness (QED) is 0.497. The molecule has 0 rings (SSSR count). The molecule has 0 aromatic heterocycles. The summed E-state index contributed by atoms with van der Waals surface area (Å²) in [7, 11) is 0. The van der Waals surface area contributed by atoms with Gasteiger partial charge in [-0.25, -0.2) is 4.79 Å². The molecule has 0 spiro atoms. The van der Waals surface area contributed by atoms with Gasteiger partial charge < -0.3 is 16.2 Å². The molecule has 0 aliphatic carbocycles. The van der Waals surface area contributed by atoms with Crippen LogP contribution in [0.25, 0.3) is 0 Å². The van der Waals surface area contributed by atoms with Gasteiger partial charge in [0.1, 0.15) is 0 Å². The minimum atomic E-state index is -3.87. The Bertz CT molecular complexity index is 195. The molecule has 1 amide bonds. The van der Waals surface area contributed by atoms with E-state index in [0.29, 0.717) is 0 Å². The molecule has 0 heterocycles. The number of nitrogens with two attached hydrogens (primary N) is 1. The molecule has 0 aliphatic rings. The number of carboxylic acids is 1. The van der Waals surface area contributed by atoms with Crippen LogP contribution in [0.15, 0.2) is 0 Å². The van der Waals surface area contributed by atoms with Crippen LogP contribution in [0.1, 0.15) is 0 Å². The second-order valence-corrected chi connectivity index (χ2v) is 2.08. The topological polar surface area (TPSA) is 92.4 Å². The summed E-state index contributed by atoms with van der Waals surface area (Å²) in [5, 5.41) is 9.80. The minimum absolute atomic E-state index is 0.469. The van der Waals surface area contributed by atoms with Crippen molar-refractivity contribution in [2.75, 3.05) is 13.1 Å². The number of carboxylic acid groups (broad SMARTS) is 1. The molecule has 0 radical (unpaired) electrons. The number of carbonyl (C=O) groups excluding carboxylic acids is 1. The van der Waals surface area contributed by atoms with Crippen LogP contribution >= 0.6 is 0 Å². The van der Waals surface area contributed by atoms with Crippen LogP contribution in [-0.4, -0.2) is 36.0 Å². The lowest BCUT2D eigenvalue weighted by Crippen LogP contribution is -2.42. The molecule has 4 N–H and O–H groups in total. The van der Waals surface area contributed by atoms with Crippen molar-refractivity contribution in [1.29, 1.82) is 0 Å². The fourth-order valence-corrected chi connectivity index (χ4v) is 0.418. The molecule has 0 aromatic rings. The van der Waals surface area contributed by atoms with E-state index in [-0.39, 0.29) is 0 Å². The third-order valence-electron chi connectivity index (χ3n) is 0.959. The number of alkyl halides is 2. The average Bonchev–Trinajstić information content (AvgIpc) is 1.85. The maximum atomic E-state index is 12.2. The summed E-state index contributed by atoms with van der Waals surface area (Å²) >= 11 is 0. The number of rotatable bonds is 5. The number of primary amides is 1. The van der Waals surface area contributed by atoms with Crippen molar-refractivity contribution in [3.8, 4) is 0 Å². The third kappa shape index (κ3) is 3.81. The van der Waals surface area contributed by atoms with E-state index in [2.05, 4.69) is 5.73 Å². The number of hydrogen-bond acceptors (Lipinski definition) is 3. The molecule has 0 atom stereocenters. The largest absolute Gasteiger partial charge is 0.477 e. The van der Waals surface area contributed by atoms with Crippen molar-refractivity contribution in [2.24, 2.45) is 5.73 Å². The second kappa shape index (κ2) is 3.96. The van der Waals surface area contributed by atoms with E-state index in [9.17, 15) is 18.4 Å². The molecule has 0 fully saturated rings. The van der Waals surface area contributed by atoms with Crippen LogP contribution in [0, 0.1) is 0 Å². The van der Waals surface area contributed by atoms with E-state index < -0.39 is 30.9 Å². The van der Waals surface area contributed by atoms with E-state index in [1.807, 2.05) is 5.32 Å². The summed E-state index contributed by atoms with van der Waals surface area (Å²) < 4.78 is 24.4. The van der Waals surface area contributed by atoms with Gasteiger partial charge in [-0.1, -0.05) is 0 Å². The molecule has 0 aliphatic heterocycles. The predicted molar refractivity (Wildman–Crippen MR) is 34.6 cm³/mol. The lowest BCUT2D eigenvalue weighted by molar-refractivity contribution is -0.164. The lowest BCUT2D eigenvalue weighted by Gasteiger charge is -2.10. The Morgan fingerprint density at radius 3 is 2.33 bits per heavy atom. The third-order valence-corrected chi connectivity index (χ3v) is 0.959. The van der Waals surface area contributed by atoms with Crippen molar-refractivity contribution in [2.45, 2.75) is 5.92 Å². The van der Waals surface area contributed by atoms with Crippen LogP contribution in [0.5, 0.6) is 0 Å². The maximum absolute atomic E-state index is 12.2. The zero-order valence-corrected chi connectivity index (χ0v) is 6.01. The number of hydrogen-bond donors (Lipinski definition) is 3. The van der Waals surface area contributed by atoms with Crippen LogP contribution < -0.4 is 11.1 Å². The molecule has 0 saturated carbocycles. The minimum Gasteiger partial charge on any atom is -0.477 e. The van der Waals surface area contributed by atoms with E-state index in [1.54, 1.807) is 0 Å². The van der Waals surface area contributed by atoms with E-state index in [4.69, 9.17) is 5.11 Å². The van der Waals surface area contributed by atoms with Crippen molar-refractivity contribution in [1.82, 2.24) is 5.32 Å². The first kappa shape index (κ1) is 10.8. The van der Waals surface area contributed by atoms with Crippen molar-refractivity contribution in [3.05, 3.63) is 0 Å². The Hall–Kier alpha value is -1.24. The normalized spacial score (nSPS) is 11.2. The van der Waals surface area contributed by atoms with Gasteiger partial charge in [0.2, 0.25) is 5.91 Å². The molecule has 5 nitrogen and oxygen atoms in total. The first-order chi connectivity index (χ1) is 5.36. The molecule has 0 aromatic carbocycles. The molecule has 0 unspecified atom stereocenters. The standard InChI is InChI=1S/C5H8F2N2O3/c6-5(7,4(11)12)2-9-1-3(8)10/h9H,1-2H2,(H2,8,10)(H,11,12). The molecule has 70 valence electrons. The van der Waals surface area contributed by atoms with Crippen molar-refractivity contribution < 1.29 is 23.5 Å². The summed E-state index contributed by atoms with van der Waals surface area (Å²) in [5.41, 5.74) is 4.60. The second-order valence-electron chi connectivity index (χ2n) is 2.08. The van der Waals surface area contributed by atoms with Gasteiger partial charge in [0.15, 0.2) is 0 Å². The van der Waals surface area contributed by atoms with Crippen molar-refractivity contribution >= 4 is 11.9 Å². The highest BCUT2D eigenvalue weighted by atomic mass is 19.3. The summed E-state index contributed by atoms with van der Waals surface area (Å²) in [6, 6.07) is 0. The molecular weight excluding hydrogens is 174 g/mol. The number of amides is 1. The summed E-state index contributed by atoms with van der Waals surface area (Å²) in [6.45, 7) is -1.58. The summed E-state index contributed by atoms with van der Waals surface area (Å²) in [4.78, 5) is 19.8. The van der Waals surface area contributed by atoms with E-state index >= 15 is 0 Å². The predicted octanol–water partition coefficient (Wildman–Crippen LogP) is -1.22. The first-order valence-electron chi connectivity index (χ1n) is 2.96. The Labute approximate surface area is 66.5 Å². The Kier molecular flexibility index (Phi) is 3.55. The number of aliphatic carboxylic acids is 1. The number of carbonyl (C=O) groups is 2.